The van der Waals surface area contributed by atoms with E-state index in [2.05, 4.69) is 127 Å². The average molecular weight is 501 g/mol. The number of rotatable bonds is 2. The van der Waals surface area contributed by atoms with Gasteiger partial charge in [0.25, 0.3) is 0 Å². The third kappa shape index (κ3) is 3.27. The van der Waals surface area contributed by atoms with Crippen molar-refractivity contribution in [1.82, 2.24) is 4.98 Å². The molecule has 4 aromatic carbocycles. The minimum absolute atomic E-state index is 0.0553. The van der Waals surface area contributed by atoms with E-state index in [1.54, 1.807) is 0 Å². The van der Waals surface area contributed by atoms with Gasteiger partial charge in [-0.05, 0) is 66.1 Å². The Balaban J connectivity index is 1.42. The number of pyridine rings is 1. The predicted molar refractivity (Wildman–Crippen MR) is 154 cm³/mol. The molecule has 1 unspecified atom stereocenters. The van der Waals surface area contributed by atoms with E-state index >= 15 is 0 Å². The molecule has 0 fully saturated rings. The van der Waals surface area contributed by atoms with Crippen molar-refractivity contribution in [3.05, 3.63) is 127 Å². The topological polar surface area (TPSA) is 16.1 Å². The fourth-order valence-corrected chi connectivity index (χ4v) is 9.60. The molecular weight excluding hydrogens is 475 g/mol. The fourth-order valence-electron chi connectivity index (χ4n) is 5.60. The Morgan fingerprint density at radius 1 is 0.694 bits per heavy atom. The van der Waals surface area contributed by atoms with Crippen LogP contribution in [0.4, 0.5) is 17.1 Å². The molecule has 7 rings (SSSR count). The SMILES string of the molecule is CC1(C)c2ccccc2N(c2ccc3c(c2)Sc2ccccc2P3c2cccnc2)c2ccccc21. The van der Waals surface area contributed by atoms with Gasteiger partial charge in [0.1, 0.15) is 0 Å². The third-order valence-electron chi connectivity index (χ3n) is 7.31. The number of hydrogen-bond donors (Lipinski definition) is 0. The van der Waals surface area contributed by atoms with Gasteiger partial charge in [-0.25, -0.2) is 0 Å². The second-order valence-electron chi connectivity index (χ2n) is 9.76. The molecule has 3 heterocycles. The van der Waals surface area contributed by atoms with E-state index in [0.29, 0.717) is 0 Å². The van der Waals surface area contributed by atoms with Crippen molar-refractivity contribution in [1.29, 1.82) is 0 Å². The van der Waals surface area contributed by atoms with Gasteiger partial charge in [0.2, 0.25) is 0 Å². The van der Waals surface area contributed by atoms with E-state index in [9.17, 15) is 0 Å². The third-order valence-corrected chi connectivity index (χ3v) is 11.3. The van der Waals surface area contributed by atoms with Gasteiger partial charge in [-0.3, -0.25) is 4.98 Å². The first kappa shape index (κ1) is 21.9. The lowest BCUT2D eigenvalue weighted by Crippen LogP contribution is -2.31. The van der Waals surface area contributed by atoms with Crippen LogP contribution in [0, 0.1) is 0 Å². The average Bonchev–Trinajstić information content (AvgIpc) is 2.92. The highest BCUT2D eigenvalue weighted by Crippen LogP contribution is 2.53. The summed E-state index contributed by atoms with van der Waals surface area (Å²) in [6, 6.07) is 37.9. The zero-order chi connectivity index (χ0) is 24.3. The van der Waals surface area contributed by atoms with Crippen LogP contribution in [0.1, 0.15) is 25.0 Å². The van der Waals surface area contributed by atoms with Crippen LogP contribution in [0.15, 0.2) is 125 Å². The van der Waals surface area contributed by atoms with Crippen LogP contribution < -0.4 is 20.8 Å². The molecule has 2 nitrogen and oxygen atoms in total. The summed E-state index contributed by atoms with van der Waals surface area (Å²) in [5.41, 5.74) is 6.39. The van der Waals surface area contributed by atoms with Gasteiger partial charge in [-0.2, -0.15) is 0 Å². The molecule has 2 aliphatic heterocycles. The van der Waals surface area contributed by atoms with Crippen molar-refractivity contribution in [2.75, 3.05) is 4.90 Å². The minimum atomic E-state index is -0.651. The first-order valence-electron chi connectivity index (χ1n) is 12.2. The van der Waals surface area contributed by atoms with Gasteiger partial charge < -0.3 is 4.90 Å². The van der Waals surface area contributed by atoms with Crippen LogP contribution in [0.2, 0.25) is 0 Å². The molecule has 0 bridgehead atoms. The van der Waals surface area contributed by atoms with Gasteiger partial charge in [-0.15, -0.1) is 0 Å². The number of benzene rings is 4. The fraction of sp³-hybridized carbons (Fsp3) is 0.0938. The molecule has 0 aliphatic carbocycles. The van der Waals surface area contributed by atoms with Crippen LogP contribution in [-0.2, 0) is 5.41 Å². The maximum Gasteiger partial charge on any atom is 0.0502 e. The summed E-state index contributed by atoms with van der Waals surface area (Å²) < 4.78 is 0. The smallest absolute Gasteiger partial charge is 0.0502 e. The molecule has 2 aliphatic rings. The van der Waals surface area contributed by atoms with E-state index in [1.165, 1.54) is 53.9 Å². The Morgan fingerprint density at radius 3 is 2.08 bits per heavy atom. The van der Waals surface area contributed by atoms with Crippen LogP contribution in [0.5, 0.6) is 0 Å². The lowest BCUT2D eigenvalue weighted by atomic mass is 9.73. The molecule has 36 heavy (non-hydrogen) atoms. The second-order valence-corrected chi connectivity index (χ2v) is 13.0. The summed E-state index contributed by atoms with van der Waals surface area (Å²) >= 11 is 1.89. The lowest BCUT2D eigenvalue weighted by Gasteiger charge is -2.42. The summed E-state index contributed by atoms with van der Waals surface area (Å²) in [6.07, 6.45) is 3.90. The largest absolute Gasteiger partial charge is 0.310 e. The Bertz CT molecular complexity index is 1560. The number of para-hydroxylation sites is 2. The molecule has 0 N–H and O–H groups in total. The molecule has 0 radical (unpaired) electrons. The van der Waals surface area contributed by atoms with Crippen molar-refractivity contribution < 1.29 is 0 Å². The van der Waals surface area contributed by atoms with Crippen molar-refractivity contribution in [3.8, 4) is 0 Å². The number of nitrogens with zero attached hydrogens (tertiary/aromatic N) is 2. The van der Waals surface area contributed by atoms with Gasteiger partial charge in [0, 0.05) is 38.6 Å². The van der Waals surface area contributed by atoms with Gasteiger partial charge in [0.05, 0.1) is 11.4 Å². The number of aromatic nitrogens is 1. The Hall–Kier alpha value is -3.39. The maximum absolute atomic E-state index is 4.46. The highest BCUT2D eigenvalue weighted by Gasteiger charge is 2.37. The van der Waals surface area contributed by atoms with Crippen LogP contribution in [0.25, 0.3) is 0 Å². The van der Waals surface area contributed by atoms with E-state index < -0.39 is 7.92 Å². The van der Waals surface area contributed by atoms with Crippen molar-refractivity contribution in [3.63, 3.8) is 0 Å². The highest BCUT2D eigenvalue weighted by molar-refractivity contribution is 8.02. The van der Waals surface area contributed by atoms with Gasteiger partial charge in [0.15, 0.2) is 0 Å². The standard InChI is InChI=1S/C32H25N2PS/c1-32(2)24-11-3-5-13-26(24)34(27-14-6-4-12-25(27)32)22-17-18-29-31(20-22)36-30-16-8-7-15-28(30)35(29)23-10-9-19-33-21-23/h3-21H,1-2H3. The second kappa shape index (κ2) is 8.34. The maximum atomic E-state index is 4.46. The van der Waals surface area contributed by atoms with Crippen LogP contribution in [0.3, 0.4) is 0 Å². The number of anilines is 3. The van der Waals surface area contributed by atoms with Crippen LogP contribution in [-0.4, -0.2) is 4.98 Å². The van der Waals surface area contributed by atoms with Crippen molar-refractivity contribution in [2.45, 2.75) is 29.1 Å². The molecule has 1 aromatic heterocycles. The van der Waals surface area contributed by atoms with E-state index in [4.69, 9.17) is 0 Å². The van der Waals surface area contributed by atoms with E-state index in [1.807, 2.05) is 24.2 Å². The minimum Gasteiger partial charge on any atom is -0.310 e. The number of hydrogen-bond acceptors (Lipinski definition) is 3. The molecule has 1 atom stereocenters. The lowest BCUT2D eigenvalue weighted by molar-refractivity contribution is 0.632. The first-order chi connectivity index (χ1) is 17.6. The zero-order valence-corrected chi connectivity index (χ0v) is 21.9. The molecule has 174 valence electrons. The highest BCUT2D eigenvalue weighted by atomic mass is 32.2. The molecule has 5 aromatic rings. The Labute approximate surface area is 217 Å². The Morgan fingerprint density at radius 2 is 1.36 bits per heavy atom. The molecule has 0 saturated carbocycles. The normalized spacial score (nSPS) is 16.9. The summed E-state index contributed by atoms with van der Waals surface area (Å²) in [5, 5.41) is 4.12. The quantitative estimate of drug-likeness (QED) is 0.230. The van der Waals surface area contributed by atoms with Crippen molar-refractivity contribution in [2.24, 2.45) is 0 Å². The van der Waals surface area contributed by atoms with E-state index in [-0.39, 0.29) is 5.41 Å². The van der Waals surface area contributed by atoms with Gasteiger partial charge in [-0.1, -0.05) is 92.3 Å². The first-order valence-corrected chi connectivity index (χ1v) is 14.4. The summed E-state index contributed by atoms with van der Waals surface area (Å²) in [5.74, 6) is 0. The monoisotopic (exact) mass is 500 g/mol. The molecule has 4 heteroatoms. The summed E-state index contributed by atoms with van der Waals surface area (Å²) in [4.78, 5) is 9.59. The summed E-state index contributed by atoms with van der Waals surface area (Å²) in [6.45, 7) is 4.67. The molecular formula is C32H25N2PS. The zero-order valence-electron chi connectivity index (χ0n) is 20.2. The number of fused-ring (bicyclic) bond motifs is 4. The van der Waals surface area contributed by atoms with Gasteiger partial charge >= 0.3 is 0 Å². The molecule has 0 amide bonds. The predicted octanol–water partition coefficient (Wildman–Crippen LogP) is 7.41. The van der Waals surface area contributed by atoms with Crippen molar-refractivity contribution >= 4 is 52.7 Å². The summed E-state index contributed by atoms with van der Waals surface area (Å²) in [7, 11) is -0.651. The van der Waals surface area contributed by atoms with Crippen LogP contribution >= 0.6 is 19.7 Å². The molecule has 0 saturated heterocycles. The molecule has 0 spiro atoms. The van der Waals surface area contributed by atoms with E-state index in [0.717, 1.165) is 0 Å². The Kier molecular flexibility index (Phi) is 5.06.